The van der Waals surface area contributed by atoms with Gasteiger partial charge in [-0.2, -0.15) is 0 Å². The standard InChI is InChI=1S/C16H29N3S/c1-6-11(3)15-10-19(12(4)8-17-15)13(5)16-18-9-14(7-2)20-16/h9,11-13,15,17H,6-8,10H2,1-5H3. The van der Waals surface area contributed by atoms with Crippen molar-refractivity contribution in [1.29, 1.82) is 0 Å². The zero-order chi connectivity index (χ0) is 14.7. The molecule has 0 aromatic carbocycles. The number of nitrogens with one attached hydrogen (secondary N) is 1. The third kappa shape index (κ3) is 3.41. The first-order chi connectivity index (χ1) is 9.56. The number of hydrogen-bond donors (Lipinski definition) is 1. The average molecular weight is 295 g/mol. The Labute approximate surface area is 127 Å². The van der Waals surface area contributed by atoms with E-state index >= 15 is 0 Å². The molecule has 0 amide bonds. The van der Waals surface area contributed by atoms with Gasteiger partial charge in [-0.1, -0.05) is 27.2 Å². The summed E-state index contributed by atoms with van der Waals surface area (Å²) in [7, 11) is 0. The first kappa shape index (κ1) is 15.9. The van der Waals surface area contributed by atoms with E-state index in [4.69, 9.17) is 0 Å². The van der Waals surface area contributed by atoms with Crippen LogP contribution >= 0.6 is 11.3 Å². The predicted molar refractivity (Wildman–Crippen MR) is 87.3 cm³/mol. The van der Waals surface area contributed by atoms with Crippen molar-refractivity contribution in [1.82, 2.24) is 15.2 Å². The minimum absolute atomic E-state index is 0.434. The molecule has 1 saturated heterocycles. The van der Waals surface area contributed by atoms with E-state index in [1.54, 1.807) is 0 Å². The van der Waals surface area contributed by atoms with Gasteiger partial charge in [0.05, 0.1) is 6.04 Å². The van der Waals surface area contributed by atoms with Crippen molar-refractivity contribution in [3.8, 4) is 0 Å². The average Bonchev–Trinajstić information content (AvgIpc) is 2.95. The van der Waals surface area contributed by atoms with Gasteiger partial charge in [0.2, 0.25) is 0 Å². The summed E-state index contributed by atoms with van der Waals surface area (Å²) >= 11 is 1.88. The van der Waals surface area contributed by atoms with E-state index in [2.05, 4.69) is 56.0 Å². The molecule has 0 spiro atoms. The third-order valence-corrected chi connectivity index (χ3v) is 6.07. The molecule has 0 saturated carbocycles. The number of aryl methyl sites for hydroxylation is 1. The summed E-state index contributed by atoms with van der Waals surface area (Å²) in [5.41, 5.74) is 0. The van der Waals surface area contributed by atoms with E-state index < -0.39 is 0 Å². The molecule has 2 heterocycles. The normalized spacial score (nSPS) is 27.4. The van der Waals surface area contributed by atoms with E-state index in [9.17, 15) is 0 Å². The van der Waals surface area contributed by atoms with Gasteiger partial charge in [-0.25, -0.2) is 4.98 Å². The summed E-state index contributed by atoms with van der Waals surface area (Å²) in [5, 5.41) is 4.99. The van der Waals surface area contributed by atoms with E-state index in [1.165, 1.54) is 16.3 Å². The monoisotopic (exact) mass is 295 g/mol. The molecule has 0 bridgehead atoms. The Morgan fingerprint density at radius 2 is 2.20 bits per heavy atom. The Kier molecular flexibility index (Phi) is 5.58. The quantitative estimate of drug-likeness (QED) is 0.901. The lowest BCUT2D eigenvalue weighted by Gasteiger charge is -2.43. The lowest BCUT2D eigenvalue weighted by Crippen LogP contribution is -2.57. The minimum atomic E-state index is 0.434. The van der Waals surface area contributed by atoms with Crippen molar-refractivity contribution in [2.45, 2.75) is 65.6 Å². The summed E-state index contributed by atoms with van der Waals surface area (Å²) in [6, 6.07) is 1.63. The Morgan fingerprint density at radius 1 is 1.45 bits per heavy atom. The summed E-state index contributed by atoms with van der Waals surface area (Å²) in [4.78, 5) is 8.67. The van der Waals surface area contributed by atoms with Crippen LogP contribution in [0.3, 0.4) is 0 Å². The molecule has 1 aromatic heterocycles. The maximum atomic E-state index is 4.64. The van der Waals surface area contributed by atoms with Crippen LogP contribution in [0.2, 0.25) is 0 Å². The van der Waals surface area contributed by atoms with Crippen LogP contribution in [0.4, 0.5) is 0 Å². The largest absolute Gasteiger partial charge is 0.311 e. The highest BCUT2D eigenvalue weighted by Gasteiger charge is 2.32. The molecular formula is C16H29N3S. The number of nitrogens with zero attached hydrogens (tertiary/aromatic N) is 2. The number of hydrogen-bond acceptors (Lipinski definition) is 4. The highest BCUT2D eigenvalue weighted by atomic mass is 32.1. The topological polar surface area (TPSA) is 28.2 Å². The molecule has 1 aromatic rings. The highest BCUT2D eigenvalue weighted by molar-refractivity contribution is 7.11. The lowest BCUT2D eigenvalue weighted by atomic mass is 9.95. The van der Waals surface area contributed by atoms with Crippen molar-refractivity contribution >= 4 is 11.3 Å². The Balaban J connectivity index is 2.08. The molecule has 0 aliphatic carbocycles. The zero-order valence-electron chi connectivity index (χ0n) is 13.5. The fourth-order valence-electron chi connectivity index (χ4n) is 2.94. The van der Waals surface area contributed by atoms with Gasteiger partial charge in [0.15, 0.2) is 0 Å². The first-order valence-corrected chi connectivity index (χ1v) is 8.82. The van der Waals surface area contributed by atoms with Crippen molar-refractivity contribution < 1.29 is 0 Å². The minimum Gasteiger partial charge on any atom is -0.311 e. The maximum Gasteiger partial charge on any atom is 0.110 e. The van der Waals surface area contributed by atoms with Crippen LogP contribution < -0.4 is 5.32 Å². The van der Waals surface area contributed by atoms with Crippen LogP contribution in [0.15, 0.2) is 6.20 Å². The molecule has 2 rings (SSSR count). The van der Waals surface area contributed by atoms with E-state index in [0.29, 0.717) is 18.1 Å². The van der Waals surface area contributed by atoms with Gasteiger partial charge >= 0.3 is 0 Å². The third-order valence-electron chi connectivity index (χ3n) is 4.75. The molecule has 4 atom stereocenters. The Morgan fingerprint density at radius 3 is 2.80 bits per heavy atom. The zero-order valence-corrected chi connectivity index (χ0v) is 14.3. The van der Waals surface area contributed by atoms with Gasteiger partial charge < -0.3 is 5.32 Å². The Bertz CT molecular complexity index is 418. The molecule has 4 heteroatoms. The first-order valence-electron chi connectivity index (χ1n) is 8.00. The number of thiazole rings is 1. The highest BCUT2D eigenvalue weighted by Crippen LogP contribution is 2.29. The Hall–Kier alpha value is -0.450. The van der Waals surface area contributed by atoms with Crippen molar-refractivity contribution in [3.63, 3.8) is 0 Å². The van der Waals surface area contributed by atoms with Gasteiger partial charge in [-0.3, -0.25) is 4.90 Å². The second kappa shape index (κ2) is 7.01. The van der Waals surface area contributed by atoms with Crippen LogP contribution in [0, 0.1) is 5.92 Å². The maximum absolute atomic E-state index is 4.64. The SMILES string of the molecule is CCc1cnc(C(C)N2CC(C(C)CC)NCC2C)s1. The smallest absolute Gasteiger partial charge is 0.110 e. The van der Waals surface area contributed by atoms with Crippen LogP contribution in [0.5, 0.6) is 0 Å². The summed E-state index contributed by atoms with van der Waals surface area (Å²) in [6.45, 7) is 13.7. The van der Waals surface area contributed by atoms with Gasteiger partial charge in [0.1, 0.15) is 5.01 Å². The lowest BCUT2D eigenvalue weighted by molar-refractivity contribution is 0.0818. The van der Waals surface area contributed by atoms with Gasteiger partial charge in [-0.05, 0) is 26.2 Å². The molecule has 1 N–H and O–H groups in total. The van der Waals surface area contributed by atoms with Crippen LogP contribution in [0.1, 0.15) is 57.0 Å². The number of aromatic nitrogens is 1. The predicted octanol–water partition coefficient (Wildman–Crippen LogP) is 3.47. The summed E-state index contributed by atoms with van der Waals surface area (Å²) < 4.78 is 0. The molecule has 3 nitrogen and oxygen atoms in total. The van der Waals surface area contributed by atoms with E-state index in [-0.39, 0.29) is 0 Å². The van der Waals surface area contributed by atoms with Crippen LogP contribution in [0.25, 0.3) is 0 Å². The summed E-state index contributed by atoms with van der Waals surface area (Å²) in [6.07, 6.45) is 4.39. The molecule has 0 radical (unpaired) electrons. The summed E-state index contributed by atoms with van der Waals surface area (Å²) in [5.74, 6) is 0.736. The molecule has 20 heavy (non-hydrogen) atoms. The molecular weight excluding hydrogens is 266 g/mol. The molecule has 1 aliphatic heterocycles. The molecule has 4 unspecified atom stereocenters. The van der Waals surface area contributed by atoms with Gasteiger partial charge in [0, 0.05) is 36.2 Å². The molecule has 114 valence electrons. The van der Waals surface area contributed by atoms with Crippen molar-refractivity contribution in [2.75, 3.05) is 13.1 Å². The molecule has 1 fully saturated rings. The van der Waals surface area contributed by atoms with Gasteiger partial charge in [0.25, 0.3) is 0 Å². The number of piperazine rings is 1. The van der Waals surface area contributed by atoms with Crippen molar-refractivity contribution in [3.05, 3.63) is 16.1 Å². The van der Waals surface area contributed by atoms with E-state index in [0.717, 1.165) is 25.4 Å². The van der Waals surface area contributed by atoms with Crippen molar-refractivity contribution in [2.24, 2.45) is 5.92 Å². The molecule has 1 aliphatic rings. The van der Waals surface area contributed by atoms with Gasteiger partial charge in [-0.15, -0.1) is 11.3 Å². The second-order valence-corrected chi connectivity index (χ2v) is 7.29. The van der Waals surface area contributed by atoms with E-state index in [1.807, 2.05) is 11.3 Å². The number of rotatable bonds is 5. The second-order valence-electron chi connectivity index (χ2n) is 6.14. The fourth-order valence-corrected chi connectivity index (χ4v) is 3.87. The fraction of sp³-hybridized carbons (Fsp3) is 0.812. The van der Waals surface area contributed by atoms with Crippen LogP contribution in [-0.2, 0) is 6.42 Å². The van der Waals surface area contributed by atoms with Crippen LogP contribution in [-0.4, -0.2) is 35.1 Å².